The number of ether oxygens (including phenoxy) is 1. The van der Waals surface area contributed by atoms with Crippen molar-refractivity contribution in [1.82, 2.24) is 0 Å². The van der Waals surface area contributed by atoms with Gasteiger partial charge in [0.2, 0.25) is 0 Å². The highest BCUT2D eigenvalue weighted by Crippen LogP contribution is 2.38. The molecule has 3 heteroatoms. The highest BCUT2D eigenvalue weighted by atomic mass is 16.5. The van der Waals surface area contributed by atoms with Crippen molar-refractivity contribution in [3.8, 4) is 5.75 Å². The second-order valence-corrected chi connectivity index (χ2v) is 6.76. The van der Waals surface area contributed by atoms with Crippen LogP contribution in [0.2, 0.25) is 0 Å². The zero-order valence-electron chi connectivity index (χ0n) is 14.4. The number of nitrogens with zero attached hydrogens (tertiary/aromatic N) is 1. The van der Waals surface area contributed by atoms with E-state index in [1.807, 2.05) is 18.2 Å². The molecular weight excluding hydrogens is 308 g/mol. The van der Waals surface area contributed by atoms with Crippen molar-refractivity contribution < 1.29 is 4.74 Å². The van der Waals surface area contributed by atoms with Crippen LogP contribution in [0, 0.1) is 0 Å². The second-order valence-electron chi connectivity index (χ2n) is 6.76. The second kappa shape index (κ2) is 7.16. The van der Waals surface area contributed by atoms with E-state index in [0.717, 1.165) is 31.7 Å². The molecule has 1 fully saturated rings. The maximum Gasteiger partial charge on any atom is 0.143 e. The van der Waals surface area contributed by atoms with Gasteiger partial charge >= 0.3 is 0 Å². The first kappa shape index (κ1) is 16.0. The van der Waals surface area contributed by atoms with Crippen molar-refractivity contribution in [2.24, 2.45) is 5.73 Å². The first-order chi connectivity index (χ1) is 12.3. The Kier molecular flexibility index (Phi) is 4.57. The van der Waals surface area contributed by atoms with Crippen molar-refractivity contribution in [1.29, 1.82) is 0 Å². The highest BCUT2D eigenvalue weighted by Gasteiger charge is 2.22. The summed E-state index contributed by atoms with van der Waals surface area (Å²) in [6, 6.07) is 23.3. The highest BCUT2D eigenvalue weighted by molar-refractivity contribution is 5.97. The first-order valence-electron chi connectivity index (χ1n) is 9.00. The monoisotopic (exact) mass is 332 g/mol. The SMILES string of the molecule is NC1CCCN(c2c(OCc3ccccc3)ccc3ccccc23)C1. The number of fused-ring (bicyclic) bond motifs is 1. The molecule has 2 N–H and O–H groups in total. The molecule has 3 aromatic rings. The predicted octanol–water partition coefficient (Wildman–Crippen LogP) is 4.35. The predicted molar refractivity (Wildman–Crippen MR) is 104 cm³/mol. The van der Waals surface area contributed by atoms with Crippen LogP contribution in [-0.2, 0) is 6.61 Å². The summed E-state index contributed by atoms with van der Waals surface area (Å²) in [7, 11) is 0. The minimum atomic E-state index is 0.231. The molecule has 1 unspecified atom stereocenters. The largest absolute Gasteiger partial charge is 0.487 e. The van der Waals surface area contributed by atoms with E-state index in [1.165, 1.54) is 22.0 Å². The molecule has 1 aliphatic heterocycles. The van der Waals surface area contributed by atoms with E-state index in [1.54, 1.807) is 0 Å². The molecule has 25 heavy (non-hydrogen) atoms. The maximum atomic E-state index is 6.24. The smallest absolute Gasteiger partial charge is 0.143 e. The molecule has 3 aromatic carbocycles. The summed E-state index contributed by atoms with van der Waals surface area (Å²) in [5, 5.41) is 2.48. The number of benzene rings is 3. The molecule has 128 valence electrons. The van der Waals surface area contributed by atoms with Crippen LogP contribution in [0.3, 0.4) is 0 Å². The van der Waals surface area contributed by atoms with E-state index in [9.17, 15) is 0 Å². The lowest BCUT2D eigenvalue weighted by Crippen LogP contribution is -2.43. The Morgan fingerprint density at radius 1 is 0.960 bits per heavy atom. The normalized spacial score (nSPS) is 17.6. The van der Waals surface area contributed by atoms with Crippen LogP contribution in [0.15, 0.2) is 66.7 Å². The summed E-state index contributed by atoms with van der Waals surface area (Å²) < 4.78 is 6.24. The molecule has 0 aliphatic carbocycles. The standard InChI is InChI=1S/C22H24N2O/c23-19-10-6-14-24(15-19)22-20-11-5-4-9-18(20)12-13-21(22)25-16-17-7-2-1-3-8-17/h1-5,7-9,11-13,19H,6,10,14-16,23H2. The van der Waals surface area contributed by atoms with Crippen LogP contribution in [-0.4, -0.2) is 19.1 Å². The molecule has 0 saturated carbocycles. The lowest BCUT2D eigenvalue weighted by atomic mass is 10.0. The van der Waals surface area contributed by atoms with Gasteiger partial charge in [0.1, 0.15) is 12.4 Å². The third-order valence-corrected chi connectivity index (χ3v) is 4.87. The van der Waals surface area contributed by atoms with Crippen molar-refractivity contribution in [2.75, 3.05) is 18.0 Å². The Hall–Kier alpha value is -2.52. The molecule has 1 aliphatic rings. The van der Waals surface area contributed by atoms with Crippen molar-refractivity contribution >= 4 is 16.5 Å². The molecule has 1 atom stereocenters. The number of rotatable bonds is 4. The molecule has 1 saturated heterocycles. The van der Waals surface area contributed by atoms with E-state index in [4.69, 9.17) is 10.5 Å². The molecule has 4 rings (SSSR count). The number of hydrogen-bond acceptors (Lipinski definition) is 3. The quantitative estimate of drug-likeness (QED) is 0.772. The van der Waals surface area contributed by atoms with Crippen molar-refractivity contribution in [3.63, 3.8) is 0 Å². The van der Waals surface area contributed by atoms with Gasteiger partial charge in [-0.1, -0.05) is 60.7 Å². The molecule has 0 spiro atoms. The van der Waals surface area contributed by atoms with E-state index in [0.29, 0.717) is 6.61 Å². The van der Waals surface area contributed by atoms with Crippen LogP contribution < -0.4 is 15.4 Å². The van der Waals surface area contributed by atoms with Gasteiger partial charge in [0.15, 0.2) is 0 Å². The molecule has 0 bridgehead atoms. The molecule has 0 radical (unpaired) electrons. The summed E-state index contributed by atoms with van der Waals surface area (Å²) >= 11 is 0. The fraction of sp³-hybridized carbons (Fsp3) is 0.273. The van der Waals surface area contributed by atoms with Gasteiger partial charge < -0.3 is 15.4 Å². The zero-order chi connectivity index (χ0) is 17.1. The Morgan fingerprint density at radius 3 is 2.60 bits per heavy atom. The fourth-order valence-corrected chi connectivity index (χ4v) is 3.63. The van der Waals surface area contributed by atoms with Gasteiger partial charge in [-0.05, 0) is 29.9 Å². The number of nitrogens with two attached hydrogens (primary N) is 1. The minimum absolute atomic E-state index is 0.231. The number of piperidine rings is 1. The topological polar surface area (TPSA) is 38.5 Å². The van der Waals surface area contributed by atoms with Crippen LogP contribution >= 0.6 is 0 Å². The van der Waals surface area contributed by atoms with Gasteiger partial charge in [-0.15, -0.1) is 0 Å². The average molecular weight is 332 g/mol. The van der Waals surface area contributed by atoms with E-state index in [-0.39, 0.29) is 6.04 Å². The van der Waals surface area contributed by atoms with Gasteiger partial charge in [0, 0.05) is 24.5 Å². The lowest BCUT2D eigenvalue weighted by molar-refractivity contribution is 0.306. The summed E-state index contributed by atoms with van der Waals surface area (Å²) in [6.45, 7) is 2.49. The third kappa shape index (κ3) is 3.47. The van der Waals surface area contributed by atoms with Crippen molar-refractivity contribution in [3.05, 3.63) is 72.3 Å². The van der Waals surface area contributed by atoms with Gasteiger partial charge in [0.25, 0.3) is 0 Å². The first-order valence-corrected chi connectivity index (χ1v) is 9.00. The van der Waals surface area contributed by atoms with Crippen LogP contribution in [0.4, 0.5) is 5.69 Å². The maximum absolute atomic E-state index is 6.24. The Morgan fingerprint density at radius 2 is 1.76 bits per heavy atom. The summed E-state index contributed by atoms with van der Waals surface area (Å²) in [5.74, 6) is 0.941. The summed E-state index contributed by atoms with van der Waals surface area (Å²) in [6.07, 6.45) is 2.23. The van der Waals surface area contributed by atoms with E-state index in [2.05, 4.69) is 53.4 Å². The molecule has 0 amide bonds. The van der Waals surface area contributed by atoms with Crippen LogP contribution in [0.5, 0.6) is 5.75 Å². The van der Waals surface area contributed by atoms with Gasteiger partial charge in [-0.3, -0.25) is 0 Å². The van der Waals surface area contributed by atoms with Gasteiger partial charge in [0.05, 0.1) is 5.69 Å². The Labute approximate surface area is 149 Å². The average Bonchev–Trinajstić information content (AvgIpc) is 2.66. The zero-order valence-corrected chi connectivity index (χ0v) is 14.4. The Bertz CT molecular complexity index is 847. The van der Waals surface area contributed by atoms with Gasteiger partial charge in [-0.2, -0.15) is 0 Å². The van der Waals surface area contributed by atoms with E-state index < -0.39 is 0 Å². The lowest BCUT2D eigenvalue weighted by Gasteiger charge is -2.34. The van der Waals surface area contributed by atoms with Crippen molar-refractivity contribution in [2.45, 2.75) is 25.5 Å². The minimum Gasteiger partial charge on any atom is -0.487 e. The fourth-order valence-electron chi connectivity index (χ4n) is 3.63. The van der Waals surface area contributed by atoms with Crippen LogP contribution in [0.25, 0.3) is 10.8 Å². The molecular formula is C22H24N2O. The summed E-state index contributed by atoms with van der Waals surface area (Å²) in [5.41, 5.74) is 8.60. The summed E-state index contributed by atoms with van der Waals surface area (Å²) in [4.78, 5) is 2.40. The third-order valence-electron chi connectivity index (χ3n) is 4.87. The number of anilines is 1. The molecule has 3 nitrogen and oxygen atoms in total. The molecule has 1 heterocycles. The van der Waals surface area contributed by atoms with E-state index >= 15 is 0 Å². The van der Waals surface area contributed by atoms with Gasteiger partial charge in [-0.25, -0.2) is 0 Å². The van der Waals surface area contributed by atoms with Crippen LogP contribution in [0.1, 0.15) is 18.4 Å². The Balaban J connectivity index is 1.71. The number of hydrogen-bond donors (Lipinski definition) is 1. The molecule has 0 aromatic heterocycles.